The Morgan fingerprint density at radius 2 is 2.00 bits per heavy atom. The van der Waals surface area contributed by atoms with Gasteiger partial charge in [0, 0.05) is 19.0 Å². The summed E-state index contributed by atoms with van der Waals surface area (Å²) in [5, 5.41) is 8.86. The van der Waals surface area contributed by atoms with Crippen molar-refractivity contribution in [2.45, 2.75) is 29.9 Å². The number of fused-ring (bicyclic) bond motifs is 2. The van der Waals surface area contributed by atoms with Gasteiger partial charge in [-0.1, -0.05) is 0 Å². The molecule has 6 nitrogen and oxygen atoms in total. The maximum atomic E-state index is 12.9. The first-order valence-corrected chi connectivity index (χ1v) is 9.66. The van der Waals surface area contributed by atoms with Gasteiger partial charge in [0.15, 0.2) is 0 Å². The number of hydrogen-bond donors (Lipinski definition) is 0. The molecule has 130 valence electrons. The third-order valence-corrected chi connectivity index (χ3v) is 6.81. The predicted octanol–water partition coefficient (Wildman–Crippen LogP) is 1.29. The zero-order valence-electron chi connectivity index (χ0n) is 14.1. The van der Waals surface area contributed by atoms with E-state index in [1.54, 1.807) is 16.4 Å². The fourth-order valence-electron chi connectivity index (χ4n) is 3.63. The summed E-state index contributed by atoms with van der Waals surface area (Å²) in [7, 11) is 0.453. The number of hydrogen-bond acceptors (Lipinski definition) is 5. The molecule has 1 saturated carbocycles. The van der Waals surface area contributed by atoms with E-state index < -0.39 is 10.0 Å². The van der Waals surface area contributed by atoms with Crippen LogP contribution in [-0.4, -0.2) is 63.6 Å². The molecule has 24 heavy (non-hydrogen) atoms. The third-order valence-electron chi connectivity index (χ3n) is 4.90. The van der Waals surface area contributed by atoms with Crippen LogP contribution in [0.15, 0.2) is 29.2 Å². The van der Waals surface area contributed by atoms with Gasteiger partial charge in [0.2, 0.25) is 10.0 Å². The Hall–Kier alpha value is -1.46. The van der Waals surface area contributed by atoms with Crippen LogP contribution in [-0.2, 0) is 14.8 Å². The first kappa shape index (κ1) is 17.4. The van der Waals surface area contributed by atoms with Crippen molar-refractivity contribution in [3.05, 3.63) is 29.8 Å². The van der Waals surface area contributed by atoms with E-state index >= 15 is 0 Å². The minimum Gasteiger partial charge on any atom is -0.375 e. The van der Waals surface area contributed by atoms with Crippen molar-refractivity contribution in [3.8, 4) is 6.07 Å². The quantitative estimate of drug-likeness (QED) is 0.774. The van der Waals surface area contributed by atoms with E-state index in [1.807, 2.05) is 20.2 Å². The lowest BCUT2D eigenvalue weighted by atomic mass is 10.1. The highest BCUT2D eigenvalue weighted by molar-refractivity contribution is 7.89. The Bertz CT molecular complexity index is 724. The second-order valence-corrected chi connectivity index (χ2v) is 8.64. The first-order valence-electron chi connectivity index (χ1n) is 8.22. The molecule has 3 unspecified atom stereocenters. The number of nitrogens with zero attached hydrogens (tertiary/aromatic N) is 3. The Labute approximate surface area is 143 Å². The van der Waals surface area contributed by atoms with Crippen LogP contribution in [0.1, 0.15) is 18.4 Å². The van der Waals surface area contributed by atoms with Gasteiger partial charge in [-0.25, -0.2) is 8.42 Å². The van der Waals surface area contributed by atoms with Crippen molar-refractivity contribution in [1.29, 1.82) is 5.26 Å². The van der Waals surface area contributed by atoms with Gasteiger partial charge in [-0.3, -0.25) is 0 Å². The minimum atomic E-state index is -3.54. The number of rotatable bonds is 6. The van der Waals surface area contributed by atoms with Crippen LogP contribution in [0.4, 0.5) is 0 Å². The molecule has 0 spiro atoms. The van der Waals surface area contributed by atoms with Gasteiger partial charge in [0.1, 0.15) is 0 Å². The maximum absolute atomic E-state index is 12.9. The average molecular weight is 349 g/mol. The number of likely N-dealkylation sites (N-methyl/N-ethyl adjacent to an activating group) is 1. The van der Waals surface area contributed by atoms with Crippen LogP contribution in [0.5, 0.6) is 0 Å². The van der Waals surface area contributed by atoms with Crippen molar-refractivity contribution < 1.29 is 13.2 Å². The summed E-state index contributed by atoms with van der Waals surface area (Å²) < 4.78 is 33.5. The zero-order chi connectivity index (χ0) is 17.3. The summed E-state index contributed by atoms with van der Waals surface area (Å²) in [5.74, 6) is 0.283. The molecule has 3 rings (SSSR count). The molecule has 0 N–H and O–H groups in total. The monoisotopic (exact) mass is 349 g/mol. The van der Waals surface area contributed by atoms with Crippen LogP contribution in [0, 0.1) is 17.2 Å². The molecule has 1 aliphatic heterocycles. The third kappa shape index (κ3) is 3.20. The van der Waals surface area contributed by atoms with Crippen molar-refractivity contribution in [1.82, 2.24) is 9.21 Å². The summed E-state index contributed by atoms with van der Waals surface area (Å²) in [5.41, 5.74) is 0.460. The van der Waals surface area contributed by atoms with Gasteiger partial charge in [0.25, 0.3) is 0 Å². The summed E-state index contributed by atoms with van der Waals surface area (Å²) in [6, 6.07) is 8.06. The van der Waals surface area contributed by atoms with E-state index in [0.717, 1.165) is 19.4 Å². The summed E-state index contributed by atoms with van der Waals surface area (Å²) in [4.78, 5) is 2.31. The van der Waals surface area contributed by atoms with Gasteiger partial charge in [0.05, 0.1) is 35.3 Å². The van der Waals surface area contributed by atoms with Gasteiger partial charge < -0.3 is 9.64 Å². The molecule has 2 fully saturated rings. The van der Waals surface area contributed by atoms with Gasteiger partial charge in [-0.05, 0) is 51.2 Å². The Balaban J connectivity index is 1.74. The van der Waals surface area contributed by atoms with Crippen LogP contribution in [0.2, 0.25) is 0 Å². The predicted molar refractivity (Wildman–Crippen MR) is 89.9 cm³/mol. The van der Waals surface area contributed by atoms with Crippen LogP contribution in [0.3, 0.4) is 0 Å². The number of piperidine rings is 1. The van der Waals surface area contributed by atoms with E-state index in [-0.39, 0.29) is 23.0 Å². The molecule has 1 aromatic rings. The molecule has 2 aliphatic rings. The Morgan fingerprint density at radius 1 is 1.29 bits per heavy atom. The number of ether oxygens (including phenoxy) is 1. The standard InChI is InChI=1S/C17H23N3O3S/c1-19(2)9-10-23-17-14-5-8-16(17)20(12-14)24(21,22)15-6-3-13(11-18)4-7-15/h3-4,6-7,14,16-17H,5,8-10,12H2,1-2H3. The molecule has 0 radical (unpaired) electrons. The lowest BCUT2D eigenvalue weighted by molar-refractivity contribution is 0.0262. The Morgan fingerprint density at radius 3 is 2.62 bits per heavy atom. The molecular weight excluding hydrogens is 326 g/mol. The second-order valence-electron chi connectivity index (χ2n) is 6.75. The van der Waals surface area contributed by atoms with Gasteiger partial charge >= 0.3 is 0 Å². The van der Waals surface area contributed by atoms with Crippen molar-refractivity contribution in [2.24, 2.45) is 5.92 Å². The number of sulfonamides is 1. The lowest BCUT2D eigenvalue weighted by Gasteiger charge is -2.26. The molecule has 3 atom stereocenters. The van der Waals surface area contributed by atoms with E-state index in [9.17, 15) is 8.42 Å². The van der Waals surface area contributed by atoms with Gasteiger partial charge in [-0.15, -0.1) is 0 Å². The molecule has 1 aromatic carbocycles. The van der Waals surface area contributed by atoms with E-state index in [0.29, 0.717) is 18.7 Å². The summed E-state index contributed by atoms with van der Waals surface area (Å²) >= 11 is 0. The highest BCUT2D eigenvalue weighted by atomic mass is 32.2. The molecule has 1 aliphatic carbocycles. The molecule has 7 heteroatoms. The van der Waals surface area contributed by atoms with Crippen molar-refractivity contribution >= 4 is 10.0 Å². The largest absolute Gasteiger partial charge is 0.375 e. The molecule has 1 heterocycles. The van der Waals surface area contributed by atoms with E-state index in [1.165, 1.54) is 12.1 Å². The number of nitriles is 1. The fraction of sp³-hybridized carbons (Fsp3) is 0.588. The smallest absolute Gasteiger partial charge is 0.243 e. The molecule has 2 bridgehead atoms. The molecular formula is C17H23N3O3S. The highest BCUT2D eigenvalue weighted by Gasteiger charge is 2.52. The molecule has 0 aromatic heterocycles. The lowest BCUT2D eigenvalue weighted by Crippen LogP contribution is -2.40. The second kappa shape index (κ2) is 6.81. The summed E-state index contributed by atoms with van der Waals surface area (Å²) in [6.45, 7) is 1.98. The van der Waals surface area contributed by atoms with E-state index in [4.69, 9.17) is 10.00 Å². The van der Waals surface area contributed by atoms with E-state index in [2.05, 4.69) is 4.90 Å². The van der Waals surface area contributed by atoms with Crippen molar-refractivity contribution in [2.75, 3.05) is 33.8 Å². The Kier molecular flexibility index (Phi) is 4.92. The molecule has 0 amide bonds. The van der Waals surface area contributed by atoms with Crippen molar-refractivity contribution in [3.63, 3.8) is 0 Å². The zero-order valence-corrected chi connectivity index (χ0v) is 14.9. The van der Waals surface area contributed by atoms with Crippen LogP contribution < -0.4 is 0 Å². The topological polar surface area (TPSA) is 73.6 Å². The number of benzene rings is 1. The maximum Gasteiger partial charge on any atom is 0.243 e. The normalized spacial score (nSPS) is 26.8. The first-order chi connectivity index (χ1) is 11.4. The SMILES string of the molecule is CN(C)CCOC1C2CCC1N(S(=O)(=O)c1ccc(C#N)cc1)C2. The summed E-state index contributed by atoms with van der Waals surface area (Å²) in [6.07, 6.45) is 1.88. The highest BCUT2D eigenvalue weighted by Crippen LogP contribution is 2.42. The fourth-order valence-corrected chi connectivity index (χ4v) is 5.35. The average Bonchev–Trinajstić information content (AvgIpc) is 3.12. The van der Waals surface area contributed by atoms with Gasteiger partial charge in [-0.2, -0.15) is 9.57 Å². The molecule has 1 saturated heterocycles. The van der Waals surface area contributed by atoms with Crippen LogP contribution >= 0.6 is 0 Å². The minimum absolute atomic E-state index is 0.00175. The van der Waals surface area contributed by atoms with Crippen LogP contribution in [0.25, 0.3) is 0 Å².